The Hall–Kier alpha value is -1.40. The second-order valence-corrected chi connectivity index (χ2v) is 7.24. The van der Waals surface area contributed by atoms with E-state index in [9.17, 15) is 0 Å². The van der Waals surface area contributed by atoms with Gasteiger partial charge in [0.25, 0.3) is 0 Å². The van der Waals surface area contributed by atoms with Gasteiger partial charge in [0.2, 0.25) is 0 Å². The molecule has 0 spiro atoms. The van der Waals surface area contributed by atoms with E-state index < -0.39 is 0 Å². The van der Waals surface area contributed by atoms with E-state index in [4.69, 9.17) is 10.6 Å². The molecule has 1 aliphatic heterocycles. The van der Waals surface area contributed by atoms with Crippen LogP contribution in [-0.4, -0.2) is 34.3 Å². The van der Waals surface area contributed by atoms with Crippen LogP contribution in [-0.2, 0) is 4.74 Å². The minimum atomic E-state index is -0.225. The number of nitrogens with zero attached hydrogens (tertiary/aromatic N) is 3. The Kier molecular flexibility index (Phi) is 4.13. The summed E-state index contributed by atoms with van der Waals surface area (Å²) in [5.74, 6) is 7.52. The highest BCUT2D eigenvalue weighted by Gasteiger charge is 2.39. The van der Waals surface area contributed by atoms with Gasteiger partial charge in [-0.05, 0) is 33.6 Å². The van der Waals surface area contributed by atoms with Crippen LogP contribution >= 0.6 is 0 Å². The highest BCUT2D eigenvalue weighted by atomic mass is 16.5. The van der Waals surface area contributed by atoms with Crippen molar-refractivity contribution in [1.29, 1.82) is 0 Å². The number of hydrogen-bond donors (Lipinski definition) is 2. The molecule has 2 heterocycles. The molecule has 118 valence electrons. The van der Waals surface area contributed by atoms with Crippen LogP contribution in [0.1, 0.15) is 53.0 Å². The number of rotatable bonds is 3. The monoisotopic (exact) mass is 293 g/mol. The van der Waals surface area contributed by atoms with Crippen LogP contribution in [0.15, 0.2) is 6.33 Å². The first-order valence-corrected chi connectivity index (χ1v) is 7.42. The van der Waals surface area contributed by atoms with E-state index in [-0.39, 0.29) is 17.1 Å². The van der Waals surface area contributed by atoms with Gasteiger partial charge in [0, 0.05) is 18.7 Å². The number of hydrogen-bond acceptors (Lipinski definition) is 6. The first-order chi connectivity index (χ1) is 9.65. The van der Waals surface area contributed by atoms with Crippen LogP contribution < -0.4 is 16.2 Å². The number of anilines is 2. The Morgan fingerprint density at radius 3 is 2.24 bits per heavy atom. The maximum absolute atomic E-state index is 6.14. The molecule has 0 amide bonds. The van der Waals surface area contributed by atoms with Gasteiger partial charge in [0.1, 0.15) is 18.0 Å². The summed E-state index contributed by atoms with van der Waals surface area (Å²) in [6, 6.07) is 0. The van der Waals surface area contributed by atoms with Crippen LogP contribution in [0.25, 0.3) is 0 Å². The SMILES string of the molecule is CC(C)c1c(NN)ncnc1N1CC(C)(C)OC(C)(C)C1. The van der Waals surface area contributed by atoms with Crippen LogP contribution in [0.5, 0.6) is 0 Å². The zero-order chi connectivity index (χ0) is 15.8. The zero-order valence-electron chi connectivity index (χ0n) is 13.9. The average molecular weight is 293 g/mol. The van der Waals surface area contributed by atoms with Crippen LogP contribution in [0.2, 0.25) is 0 Å². The van der Waals surface area contributed by atoms with Crippen LogP contribution in [0.4, 0.5) is 11.6 Å². The topological polar surface area (TPSA) is 76.3 Å². The predicted octanol–water partition coefficient (Wildman–Crippen LogP) is 2.28. The van der Waals surface area contributed by atoms with Gasteiger partial charge in [-0.3, -0.25) is 0 Å². The molecule has 2 rings (SSSR count). The van der Waals surface area contributed by atoms with Gasteiger partial charge in [0.15, 0.2) is 0 Å². The van der Waals surface area contributed by atoms with Gasteiger partial charge in [-0.1, -0.05) is 13.8 Å². The molecule has 1 aliphatic rings. The Morgan fingerprint density at radius 2 is 1.76 bits per heavy atom. The molecule has 1 saturated heterocycles. The van der Waals surface area contributed by atoms with E-state index in [0.717, 1.165) is 24.5 Å². The minimum absolute atomic E-state index is 0.225. The molecule has 1 aromatic heterocycles. The second-order valence-electron chi connectivity index (χ2n) is 7.24. The lowest BCUT2D eigenvalue weighted by Gasteiger charge is -2.48. The maximum atomic E-state index is 6.14. The van der Waals surface area contributed by atoms with Crippen molar-refractivity contribution in [1.82, 2.24) is 9.97 Å². The van der Waals surface area contributed by atoms with E-state index in [1.807, 2.05) is 0 Å². The summed E-state index contributed by atoms with van der Waals surface area (Å²) in [6.07, 6.45) is 1.56. The van der Waals surface area contributed by atoms with Gasteiger partial charge in [0.05, 0.1) is 11.2 Å². The number of nitrogens with one attached hydrogen (secondary N) is 1. The molecule has 6 nitrogen and oxygen atoms in total. The first-order valence-electron chi connectivity index (χ1n) is 7.42. The van der Waals surface area contributed by atoms with Crippen LogP contribution in [0, 0.1) is 0 Å². The van der Waals surface area contributed by atoms with Crippen molar-refractivity contribution in [3.05, 3.63) is 11.9 Å². The van der Waals surface area contributed by atoms with Crippen molar-refractivity contribution in [3.8, 4) is 0 Å². The largest absolute Gasteiger partial charge is 0.366 e. The molecular weight excluding hydrogens is 266 g/mol. The van der Waals surface area contributed by atoms with Crippen molar-refractivity contribution in [2.45, 2.75) is 58.7 Å². The smallest absolute Gasteiger partial charge is 0.148 e. The van der Waals surface area contributed by atoms with E-state index in [1.165, 1.54) is 0 Å². The quantitative estimate of drug-likeness (QED) is 0.658. The van der Waals surface area contributed by atoms with Gasteiger partial charge in [-0.2, -0.15) is 0 Å². The summed E-state index contributed by atoms with van der Waals surface area (Å²) in [4.78, 5) is 11.0. The summed E-state index contributed by atoms with van der Waals surface area (Å²) in [6.45, 7) is 14.3. The predicted molar refractivity (Wildman–Crippen MR) is 85.4 cm³/mol. The fourth-order valence-electron chi connectivity index (χ4n) is 3.22. The molecule has 1 fully saturated rings. The van der Waals surface area contributed by atoms with Gasteiger partial charge >= 0.3 is 0 Å². The summed E-state index contributed by atoms with van der Waals surface area (Å²) >= 11 is 0. The molecule has 21 heavy (non-hydrogen) atoms. The lowest BCUT2D eigenvalue weighted by atomic mass is 9.97. The lowest BCUT2D eigenvalue weighted by molar-refractivity contribution is -0.133. The van der Waals surface area contributed by atoms with Gasteiger partial charge in [-0.25, -0.2) is 15.8 Å². The molecule has 0 saturated carbocycles. The highest BCUT2D eigenvalue weighted by Crippen LogP contribution is 2.36. The van der Waals surface area contributed by atoms with Crippen molar-refractivity contribution in [3.63, 3.8) is 0 Å². The van der Waals surface area contributed by atoms with E-state index >= 15 is 0 Å². The third-order valence-corrected chi connectivity index (χ3v) is 3.57. The number of nitrogens with two attached hydrogens (primary N) is 1. The number of morpholine rings is 1. The van der Waals surface area contributed by atoms with Crippen molar-refractivity contribution >= 4 is 11.6 Å². The zero-order valence-corrected chi connectivity index (χ0v) is 13.9. The van der Waals surface area contributed by atoms with Crippen molar-refractivity contribution in [2.75, 3.05) is 23.4 Å². The molecule has 6 heteroatoms. The van der Waals surface area contributed by atoms with Crippen LogP contribution in [0.3, 0.4) is 0 Å². The first kappa shape index (κ1) is 16.0. The van der Waals surface area contributed by atoms with Crippen molar-refractivity contribution < 1.29 is 4.74 Å². The van der Waals surface area contributed by atoms with Gasteiger partial charge < -0.3 is 15.1 Å². The number of nitrogen functional groups attached to an aromatic ring is 1. The standard InChI is InChI=1S/C15H27N5O/c1-10(2)11-12(19-16)17-9-18-13(11)20-7-14(3,4)21-15(5,6)8-20/h9-10H,7-8,16H2,1-6H3,(H,17,18,19). The summed E-state index contributed by atoms with van der Waals surface area (Å²) in [5, 5.41) is 0. The molecule has 0 atom stereocenters. The molecule has 0 radical (unpaired) electrons. The maximum Gasteiger partial charge on any atom is 0.148 e. The normalized spacial score (nSPS) is 20.7. The molecule has 0 bridgehead atoms. The minimum Gasteiger partial charge on any atom is -0.366 e. The highest BCUT2D eigenvalue weighted by molar-refractivity contribution is 5.60. The third-order valence-electron chi connectivity index (χ3n) is 3.57. The molecule has 0 aromatic carbocycles. The Balaban J connectivity index is 2.46. The number of hydrazine groups is 1. The van der Waals surface area contributed by atoms with E-state index in [0.29, 0.717) is 5.82 Å². The van der Waals surface area contributed by atoms with Crippen molar-refractivity contribution in [2.24, 2.45) is 5.84 Å². The third kappa shape index (κ3) is 3.44. The fraction of sp³-hybridized carbons (Fsp3) is 0.733. The lowest BCUT2D eigenvalue weighted by Crippen LogP contribution is -2.57. The average Bonchev–Trinajstić information content (AvgIpc) is 2.33. The molecule has 1 aromatic rings. The Bertz CT molecular complexity index is 497. The fourth-order valence-corrected chi connectivity index (χ4v) is 3.22. The molecule has 3 N–H and O–H groups in total. The van der Waals surface area contributed by atoms with E-state index in [1.54, 1.807) is 6.33 Å². The van der Waals surface area contributed by atoms with E-state index in [2.05, 4.69) is 61.8 Å². The molecule has 0 aliphatic carbocycles. The van der Waals surface area contributed by atoms with Gasteiger partial charge in [-0.15, -0.1) is 0 Å². The summed E-state index contributed by atoms with van der Waals surface area (Å²) in [5.41, 5.74) is 3.29. The molecule has 0 unspecified atom stereocenters. The Morgan fingerprint density at radius 1 is 1.19 bits per heavy atom. The Labute approximate surface area is 127 Å². The summed E-state index contributed by atoms with van der Waals surface area (Å²) < 4.78 is 6.14. The number of aromatic nitrogens is 2. The number of ether oxygens (including phenoxy) is 1. The second kappa shape index (κ2) is 5.42. The molecular formula is C15H27N5O. The summed E-state index contributed by atoms with van der Waals surface area (Å²) in [7, 11) is 0.